The second-order valence-corrected chi connectivity index (χ2v) is 6.80. The Morgan fingerprint density at radius 2 is 1.74 bits per heavy atom. The molecule has 106 valence electrons. The average molecular weight is 304 g/mol. The van der Waals surface area contributed by atoms with Crippen LogP contribution in [0.5, 0.6) is 0 Å². The smallest absolute Gasteiger partial charge is 0.142 e. The Morgan fingerprint density at radius 3 is 2.32 bits per heavy atom. The van der Waals surface area contributed by atoms with E-state index in [0.717, 1.165) is 18.8 Å². The molecule has 0 amide bonds. The van der Waals surface area contributed by atoms with Crippen molar-refractivity contribution in [3.8, 4) is 0 Å². The lowest BCUT2D eigenvalue weighted by Gasteiger charge is -2.39. The SMILES string of the molecule is CC1CCC(C(C)(N)c2cc(F)c(Cl)cc2Cl)CC1. The van der Waals surface area contributed by atoms with Gasteiger partial charge >= 0.3 is 0 Å². The first kappa shape index (κ1) is 15.1. The van der Waals surface area contributed by atoms with Crippen LogP contribution >= 0.6 is 23.2 Å². The summed E-state index contributed by atoms with van der Waals surface area (Å²) in [5.74, 6) is 0.633. The van der Waals surface area contributed by atoms with Crippen LogP contribution in [0, 0.1) is 17.7 Å². The fourth-order valence-corrected chi connectivity index (χ4v) is 3.60. The lowest BCUT2D eigenvalue weighted by molar-refractivity contribution is 0.192. The third kappa shape index (κ3) is 3.07. The topological polar surface area (TPSA) is 26.0 Å². The fraction of sp³-hybridized carbons (Fsp3) is 0.600. The number of rotatable bonds is 2. The normalized spacial score (nSPS) is 27.1. The van der Waals surface area contributed by atoms with E-state index in [1.54, 1.807) is 0 Å². The van der Waals surface area contributed by atoms with Crippen LogP contribution in [0.25, 0.3) is 0 Å². The van der Waals surface area contributed by atoms with Crippen molar-refractivity contribution in [3.05, 3.63) is 33.6 Å². The second-order valence-electron chi connectivity index (χ2n) is 5.99. The standard InChI is InChI=1S/C15H20Cl2FN/c1-9-3-5-10(6-4-9)15(2,19)11-7-14(18)13(17)8-12(11)16/h7-10H,3-6,19H2,1-2H3. The Kier molecular flexibility index (Phi) is 4.44. The van der Waals surface area contributed by atoms with E-state index >= 15 is 0 Å². The molecule has 0 spiro atoms. The molecule has 1 aliphatic rings. The van der Waals surface area contributed by atoms with E-state index in [0.29, 0.717) is 16.5 Å². The molecule has 1 nitrogen and oxygen atoms in total. The van der Waals surface area contributed by atoms with Crippen molar-refractivity contribution in [1.82, 2.24) is 0 Å². The molecular formula is C15H20Cl2FN. The molecule has 1 aliphatic carbocycles. The van der Waals surface area contributed by atoms with E-state index in [1.807, 2.05) is 6.92 Å². The Balaban J connectivity index is 2.31. The highest BCUT2D eigenvalue weighted by atomic mass is 35.5. The van der Waals surface area contributed by atoms with Crippen molar-refractivity contribution >= 4 is 23.2 Å². The zero-order chi connectivity index (χ0) is 14.2. The van der Waals surface area contributed by atoms with Gasteiger partial charge in [0.05, 0.1) is 5.02 Å². The second kappa shape index (κ2) is 5.59. The zero-order valence-electron chi connectivity index (χ0n) is 11.3. The minimum absolute atomic E-state index is 0.0433. The summed E-state index contributed by atoms with van der Waals surface area (Å²) in [7, 11) is 0. The Bertz CT molecular complexity index is 465. The summed E-state index contributed by atoms with van der Waals surface area (Å²) in [6.07, 6.45) is 4.47. The van der Waals surface area contributed by atoms with Gasteiger partial charge < -0.3 is 5.73 Å². The average Bonchev–Trinajstić information content (AvgIpc) is 2.34. The van der Waals surface area contributed by atoms with Crippen molar-refractivity contribution in [2.45, 2.75) is 45.1 Å². The van der Waals surface area contributed by atoms with Gasteiger partial charge in [0.25, 0.3) is 0 Å². The molecule has 4 heteroatoms. The van der Waals surface area contributed by atoms with Gasteiger partial charge in [-0.1, -0.05) is 43.0 Å². The Labute approximate surface area is 124 Å². The monoisotopic (exact) mass is 303 g/mol. The molecule has 2 N–H and O–H groups in total. The van der Waals surface area contributed by atoms with Crippen LogP contribution < -0.4 is 5.73 Å². The van der Waals surface area contributed by atoms with Crippen LogP contribution in [0.3, 0.4) is 0 Å². The third-order valence-corrected chi connectivity index (χ3v) is 5.06. The van der Waals surface area contributed by atoms with E-state index in [-0.39, 0.29) is 5.02 Å². The van der Waals surface area contributed by atoms with Crippen LogP contribution in [0.4, 0.5) is 4.39 Å². The van der Waals surface area contributed by atoms with Crippen molar-refractivity contribution in [3.63, 3.8) is 0 Å². The highest BCUT2D eigenvalue weighted by Gasteiger charge is 2.36. The Morgan fingerprint density at radius 1 is 1.16 bits per heavy atom. The number of nitrogens with two attached hydrogens (primary N) is 1. The molecule has 0 radical (unpaired) electrons. The van der Waals surface area contributed by atoms with Crippen LogP contribution in [0.15, 0.2) is 12.1 Å². The number of halogens is 3. The quantitative estimate of drug-likeness (QED) is 0.753. The highest BCUT2D eigenvalue weighted by Crippen LogP contribution is 2.42. The van der Waals surface area contributed by atoms with Gasteiger partial charge in [-0.05, 0) is 49.3 Å². The number of benzene rings is 1. The van der Waals surface area contributed by atoms with Gasteiger partial charge in [0, 0.05) is 10.6 Å². The first-order valence-electron chi connectivity index (χ1n) is 6.76. The maximum atomic E-state index is 13.7. The molecular weight excluding hydrogens is 284 g/mol. The molecule has 1 fully saturated rings. The van der Waals surface area contributed by atoms with Crippen molar-refractivity contribution in [2.24, 2.45) is 17.6 Å². The van der Waals surface area contributed by atoms with Gasteiger partial charge in [0.1, 0.15) is 5.82 Å². The van der Waals surface area contributed by atoms with E-state index < -0.39 is 11.4 Å². The summed E-state index contributed by atoms with van der Waals surface area (Å²) in [5.41, 5.74) is 6.54. The van der Waals surface area contributed by atoms with Gasteiger partial charge in [0.2, 0.25) is 0 Å². The van der Waals surface area contributed by atoms with Gasteiger partial charge in [-0.2, -0.15) is 0 Å². The molecule has 0 aliphatic heterocycles. The number of hydrogen-bond acceptors (Lipinski definition) is 1. The van der Waals surface area contributed by atoms with Gasteiger partial charge in [-0.3, -0.25) is 0 Å². The summed E-state index contributed by atoms with van der Waals surface area (Å²) in [6.45, 7) is 4.21. The Hall–Kier alpha value is -0.310. The fourth-order valence-electron chi connectivity index (χ4n) is 3.02. The predicted molar refractivity (Wildman–Crippen MR) is 79.1 cm³/mol. The first-order chi connectivity index (χ1) is 8.82. The van der Waals surface area contributed by atoms with Crippen LogP contribution in [0.1, 0.15) is 45.1 Å². The molecule has 1 unspecified atom stereocenters. The van der Waals surface area contributed by atoms with Crippen LogP contribution in [0.2, 0.25) is 10.0 Å². The maximum absolute atomic E-state index is 13.7. The zero-order valence-corrected chi connectivity index (χ0v) is 12.9. The van der Waals surface area contributed by atoms with E-state index in [9.17, 15) is 4.39 Å². The van der Waals surface area contributed by atoms with Crippen LogP contribution in [-0.4, -0.2) is 0 Å². The summed E-state index contributed by atoms with van der Waals surface area (Å²) in [4.78, 5) is 0. The summed E-state index contributed by atoms with van der Waals surface area (Å²) < 4.78 is 13.7. The molecule has 1 saturated carbocycles. The van der Waals surface area contributed by atoms with Gasteiger partial charge in [-0.15, -0.1) is 0 Å². The minimum Gasteiger partial charge on any atom is -0.321 e. The number of hydrogen-bond donors (Lipinski definition) is 1. The summed E-state index contributed by atoms with van der Waals surface area (Å²) >= 11 is 11.9. The third-order valence-electron chi connectivity index (χ3n) is 4.45. The molecule has 0 bridgehead atoms. The van der Waals surface area contributed by atoms with Crippen molar-refractivity contribution in [1.29, 1.82) is 0 Å². The van der Waals surface area contributed by atoms with Crippen molar-refractivity contribution in [2.75, 3.05) is 0 Å². The highest BCUT2D eigenvalue weighted by molar-refractivity contribution is 6.35. The van der Waals surface area contributed by atoms with Crippen molar-refractivity contribution < 1.29 is 4.39 Å². The maximum Gasteiger partial charge on any atom is 0.142 e. The molecule has 1 aromatic rings. The van der Waals surface area contributed by atoms with Crippen LogP contribution in [-0.2, 0) is 5.54 Å². The molecule has 0 heterocycles. The van der Waals surface area contributed by atoms with E-state index in [2.05, 4.69) is 6.92 Å². The van der Waals surface area contributed by atoms with E-state index in [4.69, 9.17) is 28.9 Å². The van der Waals surface area contributed by atoms with Gasteiger partial charge in [-0.25, -0.2) is 4.39 Å². The molecule has 1 atom stereocenters. The minimum atomic E-state index is -0.608. The predicted octanol–water partition coefficient (Wildman–Crippen LogP) is 5.13. The first-order valence-corrected chi connectivity index (χ1v) is 7.52. The molecule has 0 aromatic heterocycles. The molecule has 19 heavy (non-hydrogen) atoms. The lowest BCUT2D eigenvalue weighted by atomic mass is 9.70. The van der Waals surface area contributed by atoms with E-state index in [1.165, 1.54) is 25.0 Å². The largest absolute Gasteiger partial charge is 0.321 e. The molecule has 0 saturated heterocycles. The molecule has 2 rings (SSSR count). The summed E-state index contributed by atoms with van der Waals surface area (Å²) in [6, 6.07) is 2.84. The summed E-state index contributed by atoms with van der Waals surface area (Å²) in [5, 5.41) is 0.497. The lowest BCUT2D eigenvalue weighted by Crippen LogP contribution is -2.43. The van der Waals surface area contributed by atoms with Gasteiger partial charge in [0.15, 0.2) is 0 Å². The molecule has 1 aromatic carbocycles.